The Morgan fingerprint density at radius 1 is 1.38 bits per heavy atom. The fourth-order valence-corrected chi connectivity index (χ4v) is 3.26. The van der Waals surface area contributed by atoms with Crippen molar-refractivity contribution in [3.05, 3.63) is 29.8 Å². The molecule has 0 aromatic heterocycles. The molecular weight excluding hydrogens is 286 g/mol. The molecule has 1 aromatic carbocycles. The normalized spacial score (nSPS) is 21.2. The first-order valence-electron chi connectivity index (χ1n) is 7.81. The topological polar surface area (TPSA) is 38.3 Å². The van der Waals surface area contributed by atoms with Gasteiger partial charge >= 0.3 is 0 Å². The maximum Gasteiger partial charge on any atom is 0.251 e. The lowest BCUT2D eigenvalue weighted by atomic mass is 9.98. The monoisotopic (exact) mass is 309 g/mol. The second-order valence-corrected chi connectivity index (χ2v) is 6.00. The van der Waals surface area contributed by atoms with Crippen LogP contribution in [-0.4, -0.2) is 24.9 Å². The van der Waals surface area contributed by atoms with Gasteiger partial charge in [0.1, 0.15) is 5.75 Å². The minimum absolute atomic E-state index is 0.0304. The summed E-state index contributed by atoms with van der Waals surface area (Å²) in [7, 11) is 0. The van der Waals surface area contributed by atoms with Crippen molar-refractivity contribution < 1.29 is 9.53 Å². The summed E-state index contributed by atoms with van der Waals surface area (Å²) < 4.78 is 5.56. The van der Waals surface area contributed by atoms with E-state index in [-0.39, 0.29) is 5.91 Å². The van der Waals surface area contributed by atoms with Crippen molar-refractivity contribution >= 4 is 17.5 Å². The van der Waals surface area contributed by atoms with E-state index in [1.54, 1.807) is 6.07 Å². The summed E-state index contributed by atoms with van der Waals surface area (Å²) in [6.07, 6.45) is 4.53. The lowest BCUT2D eigenvalue weighted by Gasteiger charge is -2.17. The average Bonchev–Trinajstić information content (AvgIpc) is 2.98. The smallest absolute Gasteiger partial charge is 0.251 e. The number of nitrogens with one attached hydrogen (secondary N) is 1. The highest BCUT2D eigenvalue weighted by molar-refractivity contribution is 6.18. The molecule has 0 heterocycles. The minimum atomic E-state index is -0.0304. The first kappa shape index (κ1) is 16.2. The van der Waals surface area contributed by atoms with Gasteiger partial charge in [0.15, 0.2) is 0 Å². The van der Waals surface area contributed by atoms with Crippen LogP contribution in [0.25, 0.3) is 0 Å². The fourth-order valence-electron chi connectivity index (χ4n) is 2.86. The lowest BCUT2D eigenvalue weighted by molar-refractivity contribution is 0.0944. The van der Waals surface area contributed by atoms with E-state index in [4.69, 9.17) is 16.3 Å². The first-order chi connectivity index (χ1) is 10.2. The largest absolute Gasteiger partial charge is 0.494 e. The molecule has 0 bridgehead atoms. The highest BCUT2D eigenvalue weighted by atomic mass is 35.5. The Hall–Kier alpha value is -1.22. The number of halogens is 1. The van der Waals surface area contributed by atoms with Crippen LogP contribution in [0, 0.1) is 11.8 Å². The Kier molecular flexibility index (Phi) is 6.37. The van der Waals surface area contributed by atoms with E-state index in [0.717, 1.165) is 25.1 Å². The summed E-state index contributed by atoms with van der Waals surface area (Å²) in [5.41, 5.74) is 0.657. The van der Waals surface area contributed by atoms with E-state index >= 15 is 0 Å². The predicted octanol–water partition coefficient (Wildman–Crippen LogP) is 3.86. The molecule has 2 unspecified atom stereocenters. The van der Waals surface area contributed by atoms with Crippen molar-refractivity contribution in [1.82, 2.24) is 5.32 Å². The summed E-state index contributed by atoms with van der Waals surface area (Å²) >= 11 is 5.97. The maximum absolute atomic E-state index is 12.2. The van der Waals surface area contributed by atoms with Crippen molar-refractivity contribution in [2.75, 3.05) is 19.0 Å². The zero-order chi connectivity index (χ0) is 15.1. The molecule has 3 nitrogen and oxygen atoms in total. The van der Waals surface area contributed by atoms with E-state index < -0.39 is 0 Å². The number of hydrogen-bond donors (Lipinski definition) is 1. The van der Waals surface area contributed by atoms with Gasteiger partial charge < -0.3 is 10.1 Å². The van der Waals surface area contributed by atoms with Crippen LogP contribution >= 0.6 is 11.6 Å². The quantitative estimate of drug-likeness (QED) is 0.777. The standard InChI is InChI=1S/C17H24ClNO2/c1-2-9-21-16-8-4-5-13(10-16)17(20)19-12-15-7-3-6-14(15)11-18/h4-5,8,10,14-15H,2-3,6-7,9,11-12H2,1H3,(H,19,20). The SMILES string of the molecule is CCCOc1cccc(C(=O)NCC2CCCC2CCl)c1. The number of benzene rings is 1. The van der Waals surface area contributed by atoms with E-state index in [1.165, 1.54) is 12.8 Å². The maximum atomic E-state index is 12.2. The number of carbonyl (C=O) groups excluding carboxylic acids is 1. The van der Waals surface area contributed by atoms with Crippen LogP contribution in [0.15, 0.2) is 24.3 Å². The van der Waals surface area contributed by atoms with Gasteiger partial charge in [-0.05, 0) is 49.3 Å². The summed E-state index contributed by atoms with van der Waals surface area (Å²) in [5, 5.41) is 3.04. The van der Waals surface area contributed by atoms with Gasteiger partial charge in [-0.2, -0.15) is 0 Å². The van der Waals surface area contributed by atoms with Gasteiger partial charge in [-0.15, -0.1) is 11.6 Å². The molecule has 0 radical (unpaired) electrons. The third-order valence-electron chi connectivity index (χ3n) is 4.11. The van der Waals surface area contributed by atoms with Gasteiger partial charge in [0.05, 0.1) is 6.61 Å². The summed E-state index contributed by atoms with van der Waals surface area (Å²) in [6, 6.07) is 7.37. The van der Waals surface area contributed by atoms with Gasteiger partial charge in [0.2, 0.25) is 0 Å². The second-order valence-electron chi connectivity index (χ2n) is 5.69. The molecule has 4 heteroatoms. The molecular formula is C17H24ClNO2. The van der Waals surface area contributed by atoms with Crippen LogP contribution in [0.1, 0.15) is 43.0 Å². The summed E-state index contributed by atoms with van der Waals surface area (Å²) in [6.45, 7) is 3.45. The van der Waals surface area contributed by atoms with Crippen LogP contribution in [0.2, 0.25) is 0 Å². The van der Waals surface area contributed by atoms with Gasteiger partial charge in [0, 0.05) is 18.0 Å². The van der Waals surface area contributed by atoms with Gasteiger partial charge in [-0.1, -0.05) is 19.4 Å². The Balaban J connectivity index is 1.88. The molecule has 1 saturated carbocycles. The summed E-state index contributed by atoms with van der Waals surface area (Å²) in [4.78, 5) is 12.2. The van der Waals surface area contributed by atoms with E-state index in [2.05, 4.69) is 12.2 Å². The molecule has 0 aliphatic heterocycles. The van der Waals surface area contributed by atoms with Crippen LogP contribution < -0.4 is 10.1 Å². The molecule has 21 heavy (non-hydrogen) atoms. The van der Waals surface area contributed by atoms with Crippen molar-refractivity contribution in [1.29, 1.82) is 0 Å². The molecule has 116 valence electrons. The number of amides is 1. The number of alkyl halides is 1. The summed E-state index contributed by atoms with van der Waals surface area (Å²) in [5.74, 6) is 2.49. The molecule has 1 aliphatic carbocycles. The second kappa shape index (κ2) is 8.28. The third kappa shape index (κ3) is 4.63. The van der Waals surface area contributed by atoms with Gasteiger partial charge in [0.25, 0.3) is 5.91 Å². The van der Waals surface area contributed by atoms with Crippen LogP contribution in [0.4, 0.5) is 0 Å². The van der Waals surface area contributed by atoms with Crippen molar-refractivity contribution in [3.63, 3.8) is 0 Å². The molecule has 0 spiro atoms. The van der Waals surface area contributed by atoms with E-state index in [1.807, 2.05) is 18.2 Å². The average molecular weight is 310 g/mol. The Bertz CT molecular complexity index is 464. The van der Waals surface area contributed by atoms with Crippen LogP contribution in [-0.2, 0) is 0 Å². The third-order valence-corrected chi connectivity index (χ3v) is 4.50. The van der Waals surface area contributed by atoms with Crippen molar-refractivity contribution in [3.8, 4) is 5.75 Å². The van der Waals surface area contributed by atoms with Crippen molar-refractivity contribution in [2.24, 2.45) is 11.8 Å². The zero-order valence-electron chi connectivity index (χ0n) is 12.6. The number of carbonyl (C=O) groups is 1. The van der Waals surface area contributed by atoms with E-state index in [0.29, 0.717) is 29.9 Å². The lowest BCUT2D eigenvalue weighted by Crippen LogP contribution is -2.31. The molecule has 1 fully saturated rings. The van der Waals surface area contributed by atoms with Crippen molar-refractivity contribution in [2.45, 2.75) is 32.6 Å². The van der Waals surface area contributed by atoms with Crippen LogP contribution in [0.5, 0.6) is 5.75 Å². The Labute approximate surface area is 132 Å². The number of hydrogen-bond acceptors (Lipinski definition) is 2. The first-order valence-corrected chi connectivity index (χ1v) is 8.35. The zero-order valence-corrected chi connectivity index (χ0v) is 13.4. The molecule has 0 saturated heterocycles. The van der Waals surface area contributed by atoms with Crippen LogP contribution in [0.3, 0.4) is 0 Å². The fraction of sp³-hybridized carbons (Fsp3) is 0.588. The molecule has 1 amide bonds. The molecule has 1 aromatic rings. The van der Waals surface area contributed by atoms with E-state index in [9.17, 15) is 4.79 Å². The Morgan fingerprint density at radius 3 is 2.95 bits per heavy atom. The number of rotatable bonds is 7. The Morgan fingerprint density at radius 2 is 2.19 bits per heavy atom. The molecule has 1 aliphatic rings. The molecule has 1 N–H and O–H groups in total. The van der Waals surface area contributed by atoms with Gasteiger partial charge in [-0.25, -0.2) is 0 Å². The molecule has 2 atom stereocenters. The highest BCUT2D eigenvalue weighted by Gasteiger charge is 2.26. The van der Waals surface area contributed by atoms with Gasteiger partial charge in [-0.3, -0.25) is 4.79 Å². The molecule has 2 rings (SSSR count). The minimum Gasteiger partial charge on any atom is -0.494 e. The predicted molar refractivity (Wildman–Crippen MR) is 86.1 cm³/mol. The number of ether oxygens (including phenoxy) is 1. The highest BCUT2D eigenvalue weighted by Crippen LogP contribution is 2.32.